The molecule has 104 valence electrons. The monoisotopic (exact) mass is 301 g/mol. The van der Waals surface area contributed by atoms with Gasteiger partial charge < -0.3 is 10.1 Å². The zero-order valence-electron chi connectivity index (χ0n) is 10.5. The molecule has 19 heavy (non-hydrogen) atoms. The maximum absolute atomic E-state index is 12.3. The number of thiophene rings is 1. The lowest BCUT2D eigenvalue weighted by Crippen LogP contribution is -2.28. The van der Waals surface area contributed by atoms with Crippen LogP contribution in [0.2, 0.25) is 0 Å². The highest BCUT2D eigenvalue weighted by atomic mass is 32.2. The number of aromatic amines is 1. The van der Waals surface area contributed by atoms with E-state index in [-0.39, 0.29) is 11.5 Å². The first kappa shape index (κ1) is 14.2. The Morgan fingerprint density at radius 3 is 2.89 bits per heavy atom. The minimum atomic E-state index is -3.68. The van der Waals surface area contributed by atoms with Crippen LogP contribution in [0, 0.1) is 6.92 Å². The summed E-state index contributed by atoms with van der Waals surface area (Å²) in [5.41, 5.74) is 0.633. The maximum Gasteiger partial charge on any atom is 0.242 e. The van der Waals surface area contributed by atoms with Crippen molar-refractivity contribution >= 4 is 21.4 Å². The molecule has 1 unspecified atom stereocenters. The summed E-state index contributed by atoms with van der Waals surface area (Å²) in [4.78, 5) is 7.49. The van der Waals surface area contributed by atoms with Gasteiger partial charge in [0.2, 0.25) is 10.0 Å². The zero-order chi connectivity index (χ0) is 14.0. The molecule has 2 aromatic heterocycles. The summed E-state index contributed by atoms with van der Waals surface area (Å²) >= 11 is 1.23. The second kappa shape index (κ2) is 5.41. The summed E-state index contributed by atoms with van der Waals surface area (Å²) in [7, 11) is -3.68. The van der Waals surface area contributed by atoms with Gasteiger partial charge in [0.05, 0.1) is 17.5 Å². The summed E-state index contributed by atoms with van der Waals surface area (Å²) in [6.45, 7) is 3.13. The number of hydrogen-bond acceptors (Lipinski definition) is 5. The molecule has 0 saturated carbocycles. The van der Waals surface area contributed by atoms with Crippen LogP contribution in [0.3, 0.4) is 0 Å². The summed E-state index contributed by atoms with van der Waals surface area (Å²) < 4.78 is 27.2. The number of imidazole rings is 1. The number of rotatable bonds is 5. The van der Waals surface area contributed by atoms with Crippen LogP contribution < -0.4 is 4.72 Å². The van der Waals surface area contributed by atoms with E-state index in [0.29, 0.717) is 16.3 Å². The van der Waals surface area contributed by atoms with E-state index in [1.54, 1.807) is 31.6 Å². The number of sulfonamides is 1. The summed E-state index contributed by atoms with van der Waals surface area (Å²) in [5.74, 6) is 0.544. The predicted octanol–water partition coefficient (Wildman–Crippen LogP) is 1.31. The largest absolute Gasteiger partial charge is 0.391 e. The van der Waals surface area contributed by atoms with Crippen molar-refractivity contribution in [3.63, 3.8) is 0 Å². The molecular formula is C11H15N3O3S2. The van der Waals surface area contributed by atoms with E-state index in [2.05, 4.69) is 14.7 Å². The van der Waals surface area contributed by atoms with Crippen molar-refractivity contribution in [2.45, 2.75) is 31.4 Å². The van der Waals surface area contributed by atoms with E-state index in [4.69, 9.17) is 0 Å². The normalized spacial score (nSPS) is 13.6. The molecule has 2 rings (SSSR count). The Balaban J connectivity index is 2.30. The molecule has 2 aromatic rings. The number of hydrogen-bond donors (Lipinski definition) is 3. The van der Waals surface area contributed by atoms with Crippen molar-refractivity contribution < 1.29 is 13.5 Å². The lowest BCUT2D eigenvalue weighted by atomic mass is 10.3. The highest BCUT2D eigenvalue weighted by Gasteiger charge is 2.25. The third-order valence-electron chi connectivity index (χ3n) is 2.66. The molecule has 0 spiro atoms. The minimum Gasteiger partial charge on any atom is -0.391 e. The molecule has 0 amide bonds. The highest BCUT2D eigenvalue weighted by Crippen LogP contribution is 2.27. The number of nitrogens with one attached hydrogen (secondary N) is 2. The predicted molar refractivity (Wildman–Crippen MR) is 72.3 cm³/mol. The van der Waals surface area contributed by atoms with Gasteiger partial charge in [-0.15, -0.1) is 11.3 Å². The fourth-order valence-corrected chi connectivity index (χ4v) is 4.69. The second-order valence-electron chi connectivity index (χ2n) is 4.15. The molecule has 0 saturated heterocycles. The number of aliphatic hydroxyl groups excluding tert-OH is 1. The third-order valence-corrected chi connectivity index (χ3v) is 5.65. The Hall–Kier alpha value is -1.22. The third kappa shape index (κ3) is 2.86. The van der Waals surface area contributed by atoms with Crippen LogP contribution >= 0.6 is 11.3 Å². The average molecular weight is 301 g/mol. The van der Waals surface area contributed by atoms with Crippen LogP contribution in [0.4, 0.5) is 0 Å². The number of H-pyrrole nitrogens is 1. The van der Waals surface area contributed by atoms with E-state index >= 15 is 0 Å². The van der Waals surface area contributed by atoms with E-state index in [1.165, 1.54) is 11.3 Å². The first-order chi connectivity index (χ1) is 8.95. The van der Waals surface area contributed by atoms with Gasteiger partial charge in [-0.3, -0.25) is 0 Å². The molecule has 6 nitrogen and oxygen atoms in total. The number of aromatic nitrogens is 2. The Labute approximate surface area is 115 Å². The lowest BCUT2D eigenvalue weighted by molar-refractivity contribution is 0.282. The molecule has 0 fully saturated rings. The Kier molecular flexibility index (Phi) is 4.04. The van der Waals surface area contributed by atoms with Crippen molar-refractivity contribution in [3.8, 4) is 0 Å². The van der Waals surface area contributed by atoms with Gasteiger partial charge in [0.1, 0.15) is 10.7 Å². The van der Waals surface area contributed by atoms with E-state index in [1.807, 2.05) is 0 Å². The smallest absolute Gasteiger partial charge is 0.242 e. The SMILES string of the molecule is Cc1csc(CO)c1S(=O)(=O)NC(C)c1ncc[nH]1. The molecule has 0 aromatic carbocycles. The first-order valence-corrected chi connectivity index (χ1v) is 8.01. The molecular weight excluding hydrogens is 286 g/mol. The number of aliphatic hydroxyl groups is 1. The highest BCUT2D eigenvalue weighted by molar-refractivity contribution is 7.89. The van der Waals surface area contributed by atoms with E-state index in [9.17, 15) is 13.5 Å². The molecule has 0 bridgehead atoms. The molecule has 0 aliphatic rings. The number of aryl methyl sites for hydroxylation is 1. The Morgan fingerprint density at radius 1 is 1.58 bits per heavy atom. The summed E-state index contributed by atoms with van der Waals surface area (Å²) in [6, 6.07) is -0.467. The molecule has 0 radical (unpaired) electrons. The number of nitrogens with zero attached hydrogens (tertiary/aromatic N) is 1. The van der Waals surface area contributed by atoms with Crippen molar-refractivity contribution in [1.29, 1.82) is 0 Å². The fourth-order valence-electron chi connectivity index (χ4n) is 1.82. The second-order valence-corrected chi connectivity index (χ2v) is 6.76. The van der Waals surface area contributed by atoms with E-state index < -0.39 is 16.1 Å². The van der Waals surface area contributed by atoms with Crippen molar-refractivity contribution in [3.05, 3.63) is 34.0 Å². The van der Waals surface area contributed by atoms with Gasteiger partial charge in [-0.1, -0.05) is 0 Å². The molecule has 3 N–H and O–H groups in total. The quantitative estimate of drug-likeness (QED) is 0.776. The molecule has 2 heterocycles. The van der Waals surface area contributed by atoms with Gasteiger partial charge in [0, 0.05) is 12.4 Å². The topological polar surface area (TPSA) is 95.1 Å². The van der Waals surface area contributed by atoms with Crippen LogP contribution in [0.25, 0.3) is 0 Å². The van der Waals surface area contributed by atoms with Crippen LogP contribution in [0.1, 0.15) is 29.2 Å². The minimum absolute atomic E-state index is 0.165. The average Bonchev–Trinajstić information content (AvgIpc) is 2.96. The van der Waals surface area contributed by atoms with Crippen molar-refractivity contribution in [1.82, 2.24) is 14.7 Å². The van der Waals surface area contributed by atoms with Crippen LogP contribution in [-0.2, 0) is 16.6 Å². The van der Waals surface area contributed by atoms with Crippen LogP contribution in [0.15, 0.2) is 22.7 Å². The Morgan fingerprint density at radius 2 is 2.32 bits per heavy atom. The van der Waals surface area contributed by atoms with Crippen molar-refractivity contribution in [2.24, 2.45) is 0 Å². The van der Waals surface area contributed by atoms with Gasteiger partial charge in [-0.25, -0.2) is 18.1 Å². The fraction of sp³-hybridized carbons (Fsp3) is 0.364. The molecule has 0 aliphatic carbocycles. The lowest BCUT2D eigenvalue weighted by Gasteiger charge is -2.13. The van der Waals surface area contributed by atoms with Crippen molar-refractivity contribution in [2.75, 3.05) is 0 Å². The molecule has 0 aliphatic heterocycles. The summed E-state index contributed by atoms with van der Waals surface area (Å²) in [5, 5.41) is 10.9. The maximum atomic E-state index is 12.3. The molecule has 8 heteroatoms. The van der Waals surface area contributed by atoms with Crippen LogP contribution in [0.5, 0.6) is 0 Å². The van der Waals surface area contributed by atoms with Gasteiger partial charge in [0.25, 0.3) is 0 Å². The van der Waals surface area contributed by atoms with Gasteiger partial charge in [-0.05, 0) is 24.8 Å². The van der Waals surface area contributed by atoms with E-state index in [0.717, 1.165) is 0 Å². The zero-order valence-corrected chi connectivity index (χ0v) is 12.2. The standard InChI is InChI=1S/C11H15N3O3S2/c1-7-6-18-9(5-15)10(7)19(16,17)14-8(2)11-12-3-4-13-11/h3-4,6,8,14-15H,5H2,1-2H3,(H,12,13). The van der Waals surface area contributed by atoms with Gasteiger partial charge in [-0.2, -0.15) is 0 Å². The summed E-state index contributed by atoms with van der Waals surface area (Å²) in [6.07, 6.45) is 3.20. The Bertz CT molecular complexity index is 647. The first-order valence-electron chi connectivity index (χ1n) is 5.65. The molecule has 1 atom stereocenters. The van der Waals surface area contributed by atoms with Gasteiger partial charge in [0.15, 0.2) is 0 Å². The van der Waals surface area contributed by atoms with Crippen LogP contribution in [-0.4, -0.2) is 23.5 Å². The van der Waals surface area contributed by atoms with Gasteiger partial charge >= 0.3 is 0 Å².